The fourth-order valence-corrected chi connectivity index (χ4v) is 7.01. The Balaban J connectivity index is 1.53. The number of nitrogens with zero attached hydrogens (tertiary/aromatic N) is 2. The Morgan fingerprint density at radius 1 is 0.958 bits per heavy atom. The molecular formula is C38H31Cl3N2O4S. The van der Waals surface area contributed by atoms with Crippen LogP contribution in [0.4, 0.5) is 0 Å². The Morgan fingerprint density at radius 2 is 1.71 bits per heavy atom. The van der Waals surface area contributed by atoms with Crippen LogP contribution in [0.1, 0.15) is 60.5 Å². The van der Waals surface area contributed by atoms with Crippen molar-refractivity contribution in [3.05, 3.63) is 159 Å². The molecule has 1 aliphatic rings. The summed E-state index contributed by atoms with van der Waals surface area (Å²) in [6.45, 7) is 6.39. The van der Waals surface area contributed by atoms with E-state index in [1.807, 2.05) is 60.7 Å². The SMILES string of the molecule is CCOC(=O)C1=C(c2ccccc2)N=c2s/c(=C\c3cc(Cl)ccc3OCc3ccc(Cl)c(Cl)c3)c(=O)n2[C@@H]1c1ccc(C(C)C)cc1. The number of ether oxygens (including phenoxy) is 2. The Morgan fingerprint density at radius 3 is 2.40 bits per heavy atom. The lowest BCUT2D eigenvalue weighted by Crippen LogP contribution is -2.40. The Labute approximate surface area is 297 Å². The number of esters is 1. The maximum atomic E-state index is 14.4. The smallest absolute Gasteiger partial charge is 0.338 e. The molecule has 10 heteroatoms. The number of hydrogen-bond donors (Lipinski definition) is 0. The second-order valence-corrected chi connectivity index (χ2v) is 13.7. The van der Waals surface area contributed by atoms with Crippen molar-refractivity contribution in [3.63, 3.8) is 0 Å². The molecule has 0 spiro atoms. The van der Waals surface area contributed by atoms with Gasteiger partial charge >= 0.3 is 5.97 Å². The van der Waals surface area contributed by atoms with E-state index in [9.17, 15) is 9.59 Å². The molecule has 244 valence electrons. The number of aromatic nitrogens is 1. The number of halogens is 3. The zero-order valence-electron chi connectivity index (χ0n) is 26.4. The van der Waals surface area contributed by atoms with Crippen molar-refractivity contribution in [1.82, 2.24) is 4.57 Å². The number of fused-ring (bicyclic) bond motifs is 1. The van der Waals surface area contributed by atoms with Gasteiger partial charge in [-0.25, -0.2) is 9.79 Å². The summed E-state index contributed by atoms with van der Waals surface area (Å²) in [5.74, 6) is 0.307. The van der Waals surface area contributed by atoms with Gasteiger partial charge in [0.1, 0.15) is 12.4 Å². The van der Waals surface area contributed by atoms with Gasteiger partial charge in [0.05, 0.1) is 38.5 Å². The Kier molecular flexibility index (Phi) is 10.2. The predicted octanol–water partition coefficient (Wildman–Crippen LogP) is 8.60. The first-order valence-corrected chi connectivity index (χ1v) is 17.3. The van der Waals surface area contributed by atoms with Gasteiger partial charge in [-0.05, 0) is 65.9 Å². The molecule has 0 aliphatic carbocycles. The monoisotopic (exact) mass is 716 g/mol. The zero-order valence-corrected chi connectivity index (χ0v) is 29.5. The highest BCUT2D eigenvalue weighted by Crippen LogP contribution is 2.36. The van der Waals surface area contributed by atoms with E-state index in [0.717, 1.165) is 22.3 Å². The summed E-state index contributed by atoms with van der Waals surface area (Å²) in [5, 5.41) is 1.37. The van der Waals surface area contributed by atoms with Crippen LogP contribution in [0, 0.1) is 0 Å². The van der Waals surface area contributed by atoms with E-state index in [-0.39, 0.29) is 18.8 Å². The molecular weight excluding hydrogens is 687 g/mol. The van der Waals surface area contributed by atoms with E-state index < -0.39 is 12.0 Å². The standard InChI is InChI=1S/C38H31Cl3N2O4S/c1-4-46-37(45)33-34(25-8-6-5-7-9-25)42-38-43(35(33)26-13-11-24(12-14-26)22(2)3)36(44)32(48-38)20-27-19-28(39)15-17-31(27)47-21-23-10-16-29(40)30(41)18-23/h5-20,22,35H,4,21H2,1-3H3/b32-20-/t35-/m1/s1. The van der Waals surface area contributed by atoms with Crippen molar-refractivity contribution >= 4 is 63.9 Å². The summed E-state index contributed by atoms with van der Waals surface area (Å²) in [6.07, 6.45) is 1.75. The third-order valence-corrected chi connectivity index (χ3v) is 9.89. The van der Waals surface area contributed by atoms with E-state index in [2.05, 4.69) is 13.8 Å². The van der Waals surface area contributed by atoms with Crippen LogP contribution in [-0.2, 0) is 16.1 Å². The molecule has 6 nitrogen and oxygen atoms in total. The topological polar surface area (TPSA) is 69.9 Å². The van der Waals surface area contributed by atoms with E-state index in [0.29, 0.717) is 52.9 Å². The summed E-state index contributed by atoms with van der Waals surface area (Å²) in [5.41, 5.74) is 4.56. The first kappa shape index (κ1) is 33.7. The fourth-order valence-electron chi connectivity index (χ4n) is 5.51. The lowest BCUT2D eigenvalue weighted by Gasteiger charge is -2.26. The van der Waals surface area contributed by atoms with E-state index in [1.165, 1.54) is 11.3 Å². The summed E-state index contributed by atoms with van der Waals surface area (Å²) >= 11 is 19.9. The Bertz CT molecular complexity index is 2210. The molecule has 0 saturated heterocycles. The first-order chi connectivity index (χ1) is 23.1. The molecule has 0 unspecified atom stereocenters. The number of hydrogen-bond acceptors (Lipinski definition) is 6. The zero-order chi connectivity index (χ0) is 33.9. The minimum absolute atomic E-state index is 0.174. The van der Waals surface area contributed by atoms with Crippen LogP contribution in [0.15, 0.2) is 106 Å². The second-order valence-electron chi connectivity index (χ2n) is 11.5. The lowest BCUT2D eigenvalue weighted by molar-refractivity contribution is -0.138. The van der Waals surface area contributed by atoms with Crippen LogP contribution in [0.25, 0.3) is 11.8 Å². The van der Waals surface area contributed by atoms with Gasteiger partial charge in [-0.15, -0.1) is 0 Å². The lowest BCUT2D eigenvalue weighted by atomic mass is 9.91. The summed E-state index contributed by atoms with van der Waals surface area (Å²) in [6, 6.07) is 27.2. The van der Waals surface area contributed by atoms with Gasteiger partial charge in [0, 0.05) is 16.1 Å². The summed E-state index contributed by atoms with van der Waals surface area (Å²) < 4.78 is 13.7. The minimum atomic E-state index is -0.774. The molecule has 0 saturated carbocycles. The van der Waals surface area contributed by atoms with Crippen molar-refractivity contribution in [2.75, 3.05) is 6.61 Å². The first-order valence-electron chi connectivity index (χ1n) is 15.4. The summed E-state index contributed by atoms with van der Waals surface area (Å²) in [7, 11) is 0. The molecule has 0 bridgehead atoms. The number of carbonyl (C=O) groups excluding carboxylic acids is 1. The Hall–Kier alpha value is -4.14. The number of rotatable bonds is 9. The van der Waals surface area contributed by atoms with Crippen LogP contribution in [0.5, 0.6) is 5.75 Å². The molecule has 1 atom stereocenters. The van der Waals surface area contributed by atoms with E-state index in [1.54, 1.807) is 47.9 Å². The molecule has 5 aromatic rings. The third-order valence-electron chi connectivity index (χ3n) is 7.93. The molecule has 0 fully saturated rings. The average molecular weight is 718 g/mol. The van der Waals surface area contributed by atoms with Crippen molar-refractivity contribution in [3.8, 4) is 5.75 Å². The van der Waals surface area contributed by atoms with Gasteiger partial charge in [-0.1, -0.05) is 121 Å². The average Bonchev–Trinajstić information content (AvgIpc) is 3.39. The quantitative estimate of drug-likeness (QED) is 0.143. The molecule has 1 aliphatic heterocycles. The summed E-state index contributed by atoms with van der Waals surface area (Å²) in [4.78, 5) is 33.6. The minimum Gasteiger partial charge on any atom is -0.488 e. The van der Waals surface area contributed by atoms with Crippen molar-refractivity contribution in [2.45, 2.75) is 39.3 Å². The van der Waals surface area contributed by atoms with Crippen molar-refractivity contribution < 1.29 is 14.3 Å². The highest BCUT2D eigenvalue weighted by atomic mass is 35.5. The molecule has 2 heterocycles. The van der Waals surface area contributed by atoms with Gasteiger partial charge in [0.25, 0.3) is 5.56 Å². The van der Waals surface area contributed by atoms with Crippen molar-refractivity contribution in [2.24, 2.45) is 4.99 Å². The molecule has 48 heavy (non-hydrogen) atoms. The molecule has 1 aromatic heterocycles. The molecule has 0 amide bonds. The van der Waals surface area contributed by atoms with Gasteiger partial charge in [0.15, 0.2) is 4.80 Å². The van der Waals surface area contributed by atoms with Gasteiger partial charge in [0.2, 0.25) is 0 Å². The molecule has 6 rings (SSSR count). The number of thiazole rings is 1. The van der Waals surface area contributed by atoms with Crippen LogP contribution in [0.2, 0.25) is 15.1 Å². The van der Waals surface area contributed by atoms with Crippen LogP contribution in [0.3, 0.4) is 0 Å². The third kappa shape index (κ3) is 7.01. The fraction of sp³-hybridized carbons (Fsp3) is 0.184. The normalized spacial score (nSPS) is 14.6. The highest BCUT2D eigenvalue weighted by Gasteiger charge is 2.35. The van der Waals surface area contributed by atoms with Gasteiger partial charge in [-0.2, -0.15) is 0 Å². The second kappa shape index (κ2) is 14.5. The van der Waals surface area contributed by atoms with Gasteiger partial charge in [-0.3, -0.25) is 9.36 Å². The van der Waals surface area contributed by atoms with Crippen molar-refractivity contribution in [1.29, 1.82) is 0 Å². The maximum absolute atomic E-state index is 14.4. The highest BCUT2D eigenvalue weighted by molar-refractivity contribution is 7.07. The molecule has 4 aromatic carbocycles. The molecule has 0 radical (unpaired) electrons. The molecule has 0 N–H and O–H groups in total. The number of benzene rings is 4. The van der Waals surface area contributed by atoms with E-state index >= 15 is 0 Å². The van der Waals surface area contributed by atoms with Crippen LogP contribution in [-0.4, -0.2) is 17.1 Å². The van der Waals surface area contributed by atoms with Crippen LogP contribution < -0.4 is 19.6 Å². The predicted molar refractivity (Wildman–Crippen MR) is 194 cm³/mol. The number of carbonyl (C=O) groups is 1. The van der Waals surface area contributed by atoms with Gasteiger partial charge < -0.3 is 9.47 Å². The van der Waals surface area contributed by atoms with Crippen LogP contribution >= 0.6 is 46.1 Å². The largest absolute Gasteiger partial charge is 0.488 e. The van der Waals surface area contributed by atoms with E-state index in [4.69, 9.17) is 49.3 Å². The maximum Gasteiger partial charge on any atom is 0.338 e.